The molecule has 2 aromatic carbocycles. The molecule has 236 valence electrons. The number of piperazine rings is 1. The van der Waals surface area contributed by atoms with E-state index < -0.39 is 28.9 Å². The molecule has 0 bridgehead atoms. The van der Waals surface area contributed by atoms with Crippen LogP contribution in [-0.4, -0.2) is 60.2 Å². The van der Waals surface area contributed by atoms with Crippen LogP contribution < -0.4 is 25.4 Å². The number of aromatic nitrogens is 2. The van der Waals surface area contributed by atoms with E-state index >= 15 is 0 Å². The van der Waals surface area contributed by atoms with E-state index in [4.69, 9.17) is 14.3 Å². The zero-order valence-corrected chi connectivity index (χ0v) is 24.9. The van der Waals surface area contributed by atoms with Crippen molar-refractivity contribution in [1.82, 2.24) is 15.0 Å². The largest absolute Gasteiger partial charge is 0.494 e. The Kier molecular flexibility index (Phi) is 11.1. The van der Waals surface area contributed by atoms with Crippen molar-refractivity contribution in [3.63, 3.8) is 0 Å². The number of hydrogen-bond acceptors (Lipinski definition) is 10. The Morgan fingerprint density at radius 2 is 1.68 bits per heavy atom. The summed E-state index contributed by atoms with van der Waals surface area (Å²) in [5.74, 6) is -0.812. The van der Waals surface area contributed by atoms with Crippen molar-refractivity contribution in [2.75, 3.05) is 43.5 Å². The van der Waals surface area contributed by atoms with Gasteiger partial charge in [0.15, 0.2) is 0 Å². The van der Waals surface area contributed by atoms with E-state index in [2.05, 4.69) is 32.5 Å². The average molecular weight is 617 g/mol. The Labute approximate surface area is 253 Å². The van der Waals surface area contributed by atoms with Gasteiger partial charge < -0.3 is 30.3 Å². The van der Waals surface area contributed by atoms with Gasteiger partial charge in [-0.05, 0) is 51.1 Å². The minimum absolute atomic E-state index is 0.0886. The molecule has 11 nitrogen and oxygen atoms in total. The first-order chi connectivity index (χ1) is 20.7. The van der Waals surface area contributed by atoms with Crippen LogP contribution in [-0.2, 0) is 20.6 Å². The highest BCUT2D eigenvalue weighted by Gasteiger charge is 2.36. The first-order valence-electron chi connectivity index (χ1n) is 13.5. The molecule has 44 heavy (non-hydrogen) atoms. The average Bonchev–Trinajstić information content (AvgIpc) is 2.97. The van der Waals surface area contributed by atoms with E-state index in [9.17, 15) is 22.8 Å². The van der Waals surface area contributed by atoms with E-state index in [0.717, 1.165) is 11.8 Å². The molecule has 4 rings (SSSR count). The van der Waals surface area contributed by atoms with Crippen LogP contribution in [0.1, 0.15) is 26.3 Å². The van der Waals surface area contributed by atoms with E-state index in [1.807, 2.05) is 12.1 Å². The molecule has 3 N–H and O–H groups in total. The van der Waals surface area contributed by atoms with Gasteiger partial charge in [0.25, 0.3) is 0 Å². The van der Waals surface area contributed by atoms with Crippen molar-refractivity contribution < 1.29 is 37.1 Å². The van der Waals surface area contributed by atoms with E-state index in [-0.39, 0.29) is 17.7 Å². The summed E-state index contributed by atoms with van der Waals surface area (Å²) in [5.41, 5.74) is 4.20. The van der Waals surface area contributed by atoms with Gasteiger partial charge in [-0.3, -0.25) is 4.79 Å². The Morgan fingerprint density at radius 1 is 1.05 bits per heavy atom. The Hall–Kier alpha value is -4.85. The summed E-state index contributed by atoms with van der Waals surface area (Å²) in [4.78, 5) is 37.1. The minimum Gasteiger partial charge on any atom is -0.494 e. The maximum absolute atomic E-state index is 13.6. The third-order valence-electron chi connectivity index (χ3n) is 6.08. The second kappa shape index (κ2) is 14.6. The van der Waals surface area contributed by atoms with Gasteiger partial charge in [0.1, 0.15) is 17.1 Å². The number of hydrogen-bond donors (Lipinski definition) is 2. The highest BCUT2D eigenvalue weighted by atomic mass is 19.4. The molecule has 0 aliphatic carbocycles. The number of nitrogens with one attached hydrogen (secondary N) is 1. The highest BCUT2D eigenvalue weighted by Crippen LogP contribution is 2.38. The Balaban J connectivity index is 0.000000978. The van der Waals surface area contributed by atoms with Gasteiger partial charge in [0.2, 0.25) is 17.7 Å². The summed E-state index contributed by atoms with van der Waals surface area (Å²) in [6.45, 7) is 10.8. The number of carbonyl (C=O) groups excluding carboxylic acids is 2. The lowest BCUT2D eigenvalue weighted by molar-refractivity contribution is -0.201. The van der Waals surface area contributed by atoms with Gasteiger partial charge >= 0.3 is 12.1 Å². The highest BCUT2D eigenvalue weighted by molar-refractivity contribution is 5.85. The second-order valence-electron chi connectivity index (χ2n) is 10.5. The fourth-order valence-electron chi connectivity index (χ4n) is 3.69. The van der Waals surface area contributed by atoms with Crippen LogP contribution in [0.3, 0.4) is 0 Å². The summed E-state index contributed by atoms with van der Waals surface area (Å²) in [6, 6.07) is 13.5. The number of primary amides is 1. The predicted molar refractivity (Wildman–Crippen MR) is 159 cm³/mol. The maximum Gasteiger partial charge on any atom is 0.423 e. The van der Waals surface area contributed by atoms with Gasteiger partial charge in [-0.25, -0.2) is 9.78 Å². The van der Waals surface area contributed by atoms with Crippen molar-refractivity contribution in [2.45, 2.75) is 26.9 Å². The number of ether oxygens (including phenoxy) is 2. The molecule has 0 radical (unpaired) electrons. The molecular weight excluding hydrogens is 581 g/mol. The quantitative estimate of drug-likeness (QED) is 0.320. The standard InChI is InChI=1S/C27H30F3N5O4.C3H5NO/c1-26(2,3)24(36)39-35-14-12-34(13-15-35)18-10-11-21(22(16-18)37-4)32-25-31-17-20(27(28,29)30)23(33-25)38-19-8-6-5-7-9-19;1-2-3(4)5/h5-11,16-17H,12-15H2,1-4H3,(H,31,32,33);2H,1H2,(H2,4,5). The number of rotatable bonds is 8. The molecule has 1 fully saturated rings. The van der Waals surface area contributed by atoms with Gasteiger partial charge in [0, 0.05) is 31.0 Å². The number of amides is 1. The number of para-hydroxylation sites is 1. The lowest BCUT2D eigenvalue weighted by atomic mass is 9.98. The fraction of sp³-hybridized carbons (Fsp3) is 0.333. The molecule has 1 aliphatic rings. The Bertz CT molecular complexity index is 1440. The molecule has 1 saturated heterocycles. The van der Waals surface area contributed by atoms with Crippen molar-refractivity contribution in [1.29, 1.82) is 0 Å². The van der Waals surface area contributed by atoms with E-state index in [0.29, 0.717) is 43.8 Å². The summed E-state index contributed by atoms with van der Waals surface area (Å²) in [6.07, 6.45) is -2.96. The van der Waals surface area contributed by atoms with Crippen LogP contribution in [0.15, 0.2) is 67.4 Å². The molecule has 0 atom stereocenters. The third-order valence-corrected chi connectivity index (χ3v) is 6.08. The zero-order valence-electron chi connectivity index (χ0n) is 24.9. The number of hydroxylamine groups is 2. The fourth-order valence-corrected chi connectivity index (χ4v) is 3.69. The zero-order chi connectivity index (χ0) is 32.5. The smallest absolute Gasteiger partial charge is 0.423 e. The number of anilines is 3. The second-order valence-corrected chi connectivity index (χ2v) is 10.5. The van der Waals surface area contributed by atoms with E-state index in [1.165, 1.54) is 19.2 Å². The molecule has 1 aliphatic heterocycles. The SMILES string of the molecule is C=CC(N)=O.COc1cc(N2CCN(OC(=O)C(C)(C)C)CC2)ccc1Nc1ncc(C(F)(F)F)c(Oc2ccccc2)n1. The van der Waals surface area contributed by atoms with Crippen LogP contribution in [0.2, 0.25) is 0 Å². The number of carbonyl (C=O) groups is 2. The van der Waals surface area contributed by atoms with Crippen LogP contribution >= 0.6 is 0 Å². The summed E-state index contributed by atoms with van der Waals surface area (Å²) in [7, 11) is 1.49. The number of alkyl halides is 3. The summed E-state index contributed by atoms with van der Waals surface area (Å²) < 4.78 is 51.6. The van der Waals surface area contributed by atoms with Crippen molar-refractivity contribution in [2.24, 2.45) is 11.1 Å². The number of halogens is 3. The third kappa shape index (κ3) is 9.59. The molecule has 14 heteroatoms. The maximum atomic E-state index is 13.6. The van der Waals surface area contributed by atoms with Crippen LogP contribution in [0.25, 0.3) is 0 Å². The van der Waals surface area contributed by atoms with Crippen molar-refractivity contribution >= 4 is 29.2 Å². The summed E-state index contributed by atoms with van der Waals surface area (Å²) in [5, 5.41) is 4.58. The van der Waals surface area contributed by atoms with Gasteiger partial charge in [-0.1, -0.05) is 24.8 Å². The molecular formula is C30H35F3N6O5. The summed E-state index contributed by atoms with van der Waals surface area (Å²) >= 11 is 0. The number of benzene rings is 2. The van der Waals surface area contributed by atoms with Crippen LogP contribution in [0.4, 0.5) is 30.5 Å². The van der Waals surface area contributed by atoms with Crippen molar-refractivity contribution in [3.05, 3.63) is 72.9 Å². The van der Waals surface area contributed by atoms with Crippen LogP contribution in [0.5, 0.6) is 17.4 Å². The monoisotopic (exact) mass is 616 g/mol. The molecule has 1 aromatic heterocycles. The molecule has 0 saturated carbocycles. The Morgan fingerprint density at radius 3 is 2.23 bits per heavy atom. The molecule has 0 spiro atoms. The van der Waals surface area contributed by atoms with E-state index in [1.54, 1.807) is 50.1 Å². The van der Waals surface area contributed by atoms with Gasteiger partial charge in [-0.2, -0.15) is 18.2 Å². The number of nitrogens with zero attached hydrogens (tertiary/aromatic N) is 4. The van der Waals surface area contributed by atoms with Crippen LogP contribution in [0, 0.1) is 5.41 Å². The van der Waals surface area contributed by atoms with Gasteiger partial charge in [-0.15, -0.1) is 5.06 Å². The number of methoxy groups -OCH3 is 1. The molecule has 3 aromatic rings. The first-order valence-corrected chi connectivity index (χ1v) is 13.5. The molecule has 0 unspecified atom stereocenters. The molecule has 1 amide bonds. The lowest BCUT2D eigenvalue weighted by Gasteiger charge is -2.36. The topological polar surface area (TPSA) is 132 Å². The number of nitrogens with two attached hydrogens (primary N) is 1. The first kappa shape index (κ1) is 33.6. The van der Waals surface area contributed by atoms with Crippen molar-refractivity contribution in [3.8, 4) is 17.4 Å². The predicted octanol–water partition coefficient (Wildman–Crippen LogP) is 5.32. The minimum atomic E-state index is -4.70. The lowest BCUT2D eigenvalue weighted by Crippen LogP contribution is -2.48. The molecule has 2 heterocycles. The normalized spacial score (nSPS) is 13.7. The van der Waals surface area contributed by atoms with Gasteiger partial charge in [0.05, 0.1) is 31.3 Å².